The predicted octanol–water partition coefficient (Wildman–Crippen LogP) is 3.91. The van der Waals surface area contributed by atoms with Crippen molar-refractivity contribution in [2.24, 2.45) is 0 Å². The number of hydrogen-bond donors (Lipinski definition) is 1. The Labute approximate surface area is 152 Å². The van der Waals surface area contributed by atoms with Crippen LogP contribution in [0, 0.1) is 13.8 Å². The van der Waals surface area contributed by atoms with Crippen molar-refractivity contribution in [3.05, 3.63) is 71.0 Å². The molecule has 0 aliphatic rings. The number of esters is 1. The highest BCUT2D eigenvalue weighted by Gasteiger charge is 2.23. The first-order chi connectivity index (χ1) is 12.5. The van der Waals surface area contributed by atoms with Crippen LogP contribution in [0.4, 0.5) is 0 Å². The standard InChI is InChI=1S/C21H21NO4/c1-13-8-10-16(11-9-13)12-22-20(23)15(3)25-21(24)19-14(2)17-6-4-5-7-18(17)26-19/h4-11,15H,12H2,1-3H3,(H,22,23). The molecule has 1 unspecified atom stereocenters. The Morgan fingerprint density at radius 3 is 2.46 bits per heavy atom. The maximum Gasteiger partial charge on any atom is 0.375 e. The van der Waals surface area contributed by atoms with Gasteiger partial charge in [0.1, 0.15) is 5.58 Å². The topological polar surface area (TPSA) is 68.5 Å². The summed E-state index contributed by atoms with van der Waals surface area (Å²) in [4.78, 5) is 24.6. The average Bonchev–Trinajstić information content (AvgIpc) is 2.98. The number of ether oxygens (including phenoxy) is 1. The van der Waals surface area contributed by atoms with Crippen molar-refractivity contribution in [3.8, 4) is 0 Å². The van der Waals surface area contributed by atoms with E-state index in [0.717, 1.165) is 16.5 Å². The molecule has 1 aromatic heterocycles. The summed E-state index contributed by atoms with van der Waals surface area (Å²) in [6.07, 6.45) is -0.916. The summed E-state index contributed by atoms with van der Waals surface area (Å²) < 4.78 is 10.8. The maximum absolute atomic E-state index is 12.4. The van der Waals surface area contributed by atoms with E-state index in [4.69, 9.17) is 9.15 Å². The smallest absolute Gasteiger partial charge is 0.375 e. The van der Waals surface area contributed by atoms with Crippen molar-refractivity contribution in [2.75, 3.05) is 0 Å². The van der Waals surface area contributed by atoms with E-state index < -0.39 is 12.1 Å². The predicted molar refractivity (Wildman–Crippen MR) is 98.9 cm³/mol. The molecule has 1 atom stereocenters. The van der Waals surface area contributed by atoms with Gasteiger partial charge in [0.25, 0.3) is 5.91 Å². The molecule has 1 heterocycles. The van der Waals surface area contributed by atoms with Crippen LogP contribution < -0.4 is 5.32 Å². The summed E-state index contributed by atoms with van der Waals surface area (Å²) in [7, 11) is 0. The van der Waals surface area contributed by atoms with E-state index in [1.165, 1.54) is 0 Å². The highest BCUT2D eigenvalue weighted by atomic mass is 16.6. The van der Waals surface area contributed by atoms with Crippen LogP contribution in [0.3, 0.4) is 0 Å². The number of benzene rings is 2. The van der Waals surface area contributed by atoms with Crippen LogP contribution in [-0.2, 0) is 16.1 Å². The minimum Gasteiger partial charge on any atom is -0.449 e. The third-order valence-corrected chi connectivity index (χ3v) is 4.27. The number of para-hydroxylation sites is 1. The van der Waals surface area contributed by atoms with Crippen LogP contribution in [-0.4, -0.2) is 18.0 Å². The van der Waals surface area contributed by atoms with Crippen molar-refractivity contribution < 1.29 is 18.7 Å². The number of aryl methyl sites for hydroxylation is 2. The lowest BCUT2D eigenvalue weighted by molar-refractivity contribution is -0.129. The Balaban J connectivity index is 1.61. The number of fused-ring (bicyclic) bond motifs is 1. The van der Waals surface area contributed by atoms with Crippen LogP contribution in [0.15, 0.2) is 52.9 Å². The van der Waals surface area contributed by atoms with Crippen molar-refractivity contribution in [1.82, 2.24) is 5.32 Å². The highest BCUT2D eigenvalue weighted by Crippen LogP contribution is 2.25. The molecule has 5 nitrogen and oxygen atoms in total. The zero-order valence-corrected chi connectivity index (χ0v) is 15.0. The number of nitrogens with one attached hydrogen (secondary N) is 1. The number of carbonyl (C=O) groups is 2. The first-order valence-electron chi connectivity index (χ1n) is 8.48. The molecule has 1 N–H and O–H groups in total. The molecular weight excluding hydrogens is 330 g/mol. The molecule has 3 aromatic rings. The molecule has 0 spiro atoms. The van der Waals surface area contributed by atoms with Gasteiger partial charge in [-0.25, -0.2) is 4.79 Å². The lowest BCUT2D eigenvalue weighted by atomic mass is 10.1. The van der Waals surface area contributed by atoms with Gasteiger partial charge < -0.3 is 14.5 Å². The van der Waals surface area contributed by atoms with Gasteiger partial charge in [-0.3, -0.25) is 4.79 Å². The molecule has 26 heavy (non-hydrogen) atoms. The van der Waals surface area contributed by atoms with E-state index in [1.807, 2.05) is 49.4 Å². The zero-order chi connectivity index (χ0) is 18.7. The van der Waals surface area contributed by atoms with Crippen molar-refractivity contribution >= 4 is 22.8 Å². The van der Waals surface area contributed by atoms with Crippen LogP contribution in [0.25, 0.3) is 11.0 Å². The van der Waals surface area contributed by atoms with Gasteiger partial charge in [-0.2, -0.15) is 0 Å². The fourth-order valence-electron chi connectivity index (χ4n) is 2.68. The number of amides is 1. The maximum atomic E-state index is 12.4. The van der Waals surface area contributed by atoms with Crippen LogP contribution >= 0.6 is 0 Å². The van der Waals surface area contributed by atoms with Gasteiger partial charge in [-0.15, -0.1) is 0 Å². The van der Waals surface area contributed by atoms with Gasteiger partial charge in [0.15, 0.2) is 6.10 Å². The van der Waals surface area contributed by atoms with Gasteiger partial charge in [0.05, 0.1) is 0 Å². The summed E-state index contributed by atoms with van der Waals surface area (Å²) in [6, 6.07) is 15.2. The largest absolute Gasteiger partial charge is 0.449 e. The Morgan fingerprint density at radius 2 is 1.77 bits per heavy atom. The monoisotopic (exact) mass is 351 g/mol. The van der Waals surface area contributed by atoms with Gasteiger partial charge in [0, 0.05) is 17.5 Å². The fraction of sp³-hybridized carbons (Fsp3) is 0.238. The molecule has 0 radical (unpaired) electrons. The molecule has 3 rings (SSSR count). The van der Waals surface area contributed by atoms with E-state index in [1.54, 1.807) is 19.9 Å². The van der Waals surface area contributed by atoms with Gasteiger partial charge in [-0.05, 0) is 32.4 Å². The SMILES string of the molecule is Cc1ccc(CNC(=O)C(C)OC(=O)c2oc3ccccc3c2C)cc1. The summed E-state index contributed by atoms with van der Waals surface area (Å²) in [5.74, 6) is -0.867. The second-order valence-corrected chi connectivity index (χ2v) is 6.30. The van der Waals surface area contributed by atoms with Gasteiger partial charge in [0.2, 0.25) is 5.76 Å². The van der Waals surface area contributed by atoms with Gasteiger partial charge in [-0.1, -0.05) is 48.0 Å². The molecule has 0 bridgehead atoms. The lowest BCUT2D eigenvalue weighted by Gasteiger charge is -2.13. The van der Waals surface area contributed by atoms with Crippen LogP contribution in [0.1, 0.15) is 34.2 Å². The number of furan rings is 1. The molecule has 2 aromatic carbocycles. The lowest BCUT2D eigenvalue weighted by Crippen LogP contribution is -2.35. The third-order valence-electron chi connectivity index (χ3n) is 4.27. The van der Waals surface area contributed by atoms with E-state index in [2.05, 4.69) is 5.32 Å². The third kappa shape index (κ3) is 3.77. The number of hydrogen-bond acceptors (Lipinski definition) is 4. The summed E-state index contributed by atoms with van der Waals surface area (Å²) >= 11 is 0. The molecule has 0 saturated heterocycles. The van der Waals surface area contributed by atoms with E-state index >= 15 is 0 Å². The second-order valence-electron chi connectivity index (χ2n) is 6.30. The Morgan fingerprint density at radius 1 is 1.08 bits per heavy atom. The van der Waals surface area contributed by atoms with Crippen molar-refractivity contribution in [2.45, 2.75) is 33.4 Å². The van der Waals surface area contributed by atoms with E-state index in [9.17, 15) is 9.59 Å². The molecule has 0 fully saturated rings. The van der Waals surface area contributed by atoms with Crippen molar-refractivity contribution in [3.63, 3.8) is 0 Å². The van der Waals surface area contributed by atoms with Gasteiger partial charge >= 0.3 is 5.97 Å². The second kappa shape index (κ2) is 7.44. The summed E-state index contributed by atoms with van der Waals surface area (Å²) in [5, 5.41) is 3.63. The molecule has 134 valence electrons. The van der Waals surface area contributed by atoms with Crippen molar-refractivity contribution in [1.29, 1.82) is 0 Å². The molecule has 0 aliphatic heterocycles. The molecule has 0 aliphatic carbocycles. The first-order valence-corrected chi connectivity index (χ1v) is 8.48. The average molecular weight is 351 g/mol. The normalized spacial score (nSPS) is 12.0. The fourth-order valence-corrected chi connectivity index (χ4v) is 2.68. The number of carbonyl (C=O) groups excluding carboxylic acids is 2. The quantitative estimate of drug-likeness (QED) is 0.708. The molecular formula is C21H21NO4. The Hall–Kier alpha value is -3.08. The van der Waals surface area contributed by atoms with E-state index in [0.29, 0.717) is 17.7 Å². The van der Waals surface area contributed by atoms with E-state index in [-0.39, 0.29) is 11.7 Å². The van der Waals surface area contributed by atoms with Crippen LogP contribution in [0.5, 0.6) is 0 Å². The summed E-state index contributed by atoms with van der Waals surface area (Å²) in [6.45, 7) is 5.72. The Kier molecular flexibility index (Phi) is 5.07. The minimum absolute atomic E-state index is 0.129. The summed E-state index contributed by atoms with van der Waals surface area (Å²) in [5.41, 5.74) is 3.46. The first kappa shape index (κ1) is 17.7. The molecule has 1 amide bonds. The Bertz CT molecular complexity index is 940. The highest BCUT2D eigenvalue weighted by molar-refractivity contribution is 5.97. The van der Waals surface area contributed by atoms with Crippen LogP contribution in [0.2, 0.25) is 0 Å². The number of rotatable bonds is 5. The zero-order valence-electron chi connectivity index (χ0n) is 15.0. The minimum atomic E-state index is -0.916. The molecule has 0 saturated carbocycles. The molecule has 5 heteroatoms.